The Kier molecular flexibility index (Phi) is 5.91. The molecule has 2 aromatic heterocycles. The first-order valence-corrected chi connectivity index (χ1v) is 8.49. The van der Waals surface area contributed by atoms with E-state index in [1.807, 2.05) is 0 Å². The first-order valence-electron chi connectivity index (χ1n) is 6.73. The summed E-state index contributed by atoms with van der Waals surface area (Å²) in [5.74, 6) is -0.977. The molecule has 4 nitrogen and oxygen atoms in total. The van der Waals surface area contributed by atoms with E-state index < -0.39 is 0 Å². The number of carbonyl (C=O) groups is 4. The summed E-state index contributed by atoms with van der Waals surface area (Å²) in [4.78, 5) is 48.0. The third-order valence-electron chi connectivity index (χ3n) is 2.99. The van der Waals surface area contributed by atoms with Crippen LogP contribution in [0, 0.1) is 0 Å². The summed E-state index contributed by atoms with van der Waals surface area (Å²) in [5, 5.41) is 3.55. The predicted molar refractivity (Wildman–Crippen MR) is 85.8 cm³/mol. The minimum absolute atomic E-state index is 0.00761. The highest BCUT2D eigenvalue weighted by molar-refractivity contribution is 7.12. The summed E-state index contributed by atoms with van der Waals surface area (Å²) in [7, 11) is 0. The van der Waals surface area contributed by atoms with Gasteiger partial charge in [0.05, 0.1) is 22.6 Å². The maximum atomic E-state index is 11.7. The molecule has 0 atom stereocenters. The van der Waals surface area contributed by atoms with Gasteiger partial charge < -0.3 is 0 Å². The van der Waals surface area contributed by atoms with Crippen molar-refractivity contribution in [2.45, 2.75) is 25.7 Å². The summed E-state index contributed by atoms with van der Waals surface area (Å²) in [6.45, 7) is 0. The van der Waals surface area contributed by atoms with Gasteiger partial charge in [-0.05, 0) is 22.9 Å². The van der Waals surface area contributed by atoms with Gasteiger partial charge in [-0.2, -0.15) is 0 Å². The van der Waals surface area contributed by atoms with Gasteiger partial charge in [0.25, 0.3) is 0 Å². The normalized spacial score (nSPS) is 10.4. The van der Waals surface area contributed by atoms with Crippen LogP contribution in [-0.2, 0) is 9.59 Å². The monoisotopic (exact) mass is 334 g/mol. The fraction of sp³-hybridized carbons (Fsp3) is 0.250. The molecule has 0 aliphatic heterocycles. The maximum Gasteiger partial charge on any atom is 0.180 e. The van der Waals surface area contributed by atoms with Gasteiger partial charge in [-0.15, -0.1) is 22.7 Å². The van der Waals surface area contributed by atoms with Crippen molar-refractivity contribution < 1.29 is 19.2 Å². The van der Waals surface area contributed by atoms with Gasteiger partial charge >= 0.3 is 0 Å². The highest BCUT2D eigenvalue weighted by Crippen LogP contribution is 2.14. The minimum Gasteiger partial charge on any atom is -0.299 e. The van der Waals surface area contributed by atoms with Gasteiger partial charge in [0.1, 0.15) is 11.6 Å². The molecular weight excluding hydrogens is 320 g/mol. The van der Waals surface area contributed by atoms with E-state index in [4.69, 9.17) is 0 Å². The molecule has 0 aromatic carbocycles. The van der Waals surface area contributed by atoms with Crippen LogP contribution >= 0.6 is 22.7 Å². The van der Waals surface area contributed by atoms with E-state index in [0.717, 1.165) is 0 Å². The van der Waals surface area contributed by atoms with Crippen molar-refractivity contribution >= 4 is 45.8 Å². The Bertz CT molecular complexity index is 609. The van der Waals surface area contributed by atoms with Crippen molar-refractivity contribution in [2.24, 2.45) is 0 Å². The minimum atomic E-state index is -0.268. The van der Waals surface area contributed by atoms with Crippen molar-refractivity contribution in [1.82, 2.24) is 0 Å². The molecule has 0 bridgehead atoms. The zero-order valence-corrected chi connectivity index (χ0v) is 13.4. The molecule has 22 heavy (non-hydrogen) atoms. The second kappa shape index (κ2) is 7.91. The Morgan fingerprint density at radius 1 is 0.727 bits per heavy atom. The van der Waals surface area contributed by atoms with Crippen LogP contribution in [0.4, 0.5) is 0 Å². The van der Waals surface area contributed by atoms with E-state index in [1.54, 1.807) is 35.0 Å². The molecule has 0 unspecified atom stereocenters. The topological polar surface area (TPSA) is 68.3 Å². The largest absolute Gasteiger partial charge is 0.299 e. The molecule has 2 aromatic rings. The molecule has 0 amide bonds. The highest BCUT2D eigenvalue weighted by atomic mass is 32.1. The third kappa shape index (κ3) is 4.82. The average Bonchev–Trinajstić information content (AvgIpc) is 3.17. The number of rotatable bonds is 9. The first kappa shape index (κ1) is 16.5. The van der Waals surface area contributed by atoms with E-state index in [9.17, 15) is 19.2 Å². The van der Waals surface area contributed by atoms with Crippen LogP contribution in [0.25, 0.3) is 0 Å². The van der Waals surface area contributed by atoms with Crippen LogP contribution in [-0.4, -0.2) is 23.1 Å². The van der Waals surface area contributed by atoms with Gasteiger partial charge in [-0.3, -0.25) is 19.2 Å². The average molecular weight is 334 g/mol. The van der Waals surface area contributed by atoms with Crippen molar-refractivity contribution in [1.29, 1.82) is 0 Å². The molecule has 0 aliphatic rings. The predicted octanol–water partition coefficient (Wildman–Crippen LogP) is 3.57. The molecule has 0 saturated carbocycles. The molecule has 0 spiro atoms. The molecule has 0 N–H and O–H groups in total. The van der Waals surface area contributed by atoms with E-state index in [1.165, 1.54) is 22.7 Å². The molecule has 0 saturated heterocycles. The molecule has 2 rings (SSSR count). The van der Waals surface area contributed by atoms with Gasteiger partial charge in [0, 0.05) is 12.8 Å². The second-order valence-corrected chi connectivity index (χ2v) is 6.63. The molecule has 0 fully saturated rings. The quantitative estimate of drug-likeness (QED) is 0.519. The Morgan fingerprint density at radius 3 is 1.45 bits per heavy atom. The van der Waals surface area contributed by atoms with Crippen LogP contribution in [0.15, 0.2) is 35.0 Å². The van der Waals surface area contributed by atoms with Crippen LogP contribution < -0.4 is 0 Å². The lowest BCUT2D eigenvalue weighted by Crippen LogP contribution is -2.11. The molecular formula is C16H14O4S2. The third-order valence-corrected chi connectivity index (χ3v) is 4.81. The number of hydrogen-bond acceptors (Lipinski definition) is 6. The van der Waals surface area contributed by atoms with Crippen molar-refractivity contribution in [3.05, 3.63) is 44.8 Å². The van der Waals surface area contributed by atoms with E-state index in [2.05, 4.69) is 0 Å². The Balaban J connectivity index is 1.73. The number of thiophene rings is 2. The lowest BCUT2D eigenvalue weighted by Gasteiger charge is -2.00. The lowest BCUT2D eigenvalue weighted by molar-refractivity contribution is -0.123. The highest BCUT2D eigenvalue weighted by Gasteiger charge is 2.16. The second-order valence-electron chi connectivity index (χ2n) is 4.73. The zero-order valence-electron chi connectivity index (χ0n) is 11.7. The summed E-state index contributed by atoms with van der Waals surface area (Å²) >= 11 is 2.58. The Hall–Kier alpha value is -1.92. The van der Waals surface area contributed by atoms with Crippen LogP contribution in [0.5, 0.6) is 0 Å². The van der Waals surface area contributed by atoms with E-state index >= 15 is 0 Å². The molecule has 114 valence electrons. The number of hydrogen-bond donors (Lipinski definition) is 0. The lowest BCUT2D eigenvalue weighted by atomic mass is 10.0. The first-order chi connectivity index (χ1) is 10.6. The molecule has 2 heterocycles. The van der Waals surface area contributed by atoms with Crippen molar-refractivity contribution in [3.63, 3.8) is 0 Å². The summed E-state index contributed by atoms with van der Waals surface area (Å²) in [5.41, 5.74) is 0. The standard InChI is InChI=1S/C16H14O4S2/c17-11(9-13(19)15-3-1-7-21-15)5-6-12(18)10-14(20)16-4-2-8-22-16/h1-4,7-8H,5-6,9-10H2. The smallest absolute Gasteiger partial charge is 0.180 e. The van der Waals surface area contributed by atoms with Crippen molar-refractivity contribution in [2.75, 3.05) is 0 Å². The van der Waals surface area contributed by atoms with Crippen LogP contribution in [0.1, 0.15) is 45.0 Å². The Labute approximate surface area is 135 Å². The van der Waals surface area contributed by atoms with Crippen molar-refractivity contribution in [3.8, 4) is 0 Å². The summed E-state index contributed by atoms with van der Waals surface area (Å²) < 4.78 is 0. The van der Waals surface area contributed by atoms with Crippen LogP contribution in [0.2, 0.25) is 0 Å². The maximum absolute atomic E-state index is 11.7. The van der Waals surface area contributed by atoms with Crippen LogP contribution in [0.3, 0.4) is 0 Å². The fourth-order valence-electron chi connectivity index (χ4n) is 1.86. The summed E-state index contributed by atoms with van der Waals surface area (Å²) in [6.07, 6.45) is -0.360. The van der Waals surface area contributed by atoms with Gasteiger partial charge in [-0.25, -0.2) is 0 Å². The number of ketones is 4. The van der Waals surface area contributed by atoms with Gasteiger partial charge in [0.2, 0.25) is 0 Å². The molecule has 0 aliphatic carbocycles. The fourth-order valence-corrected chi connectivity index (χ4v) is 3.19. The molecule has 0 radical (unpaired) electrons. The van der Waals surface area contributed by atoms with E-state index in [0.29, 0.717) is 9.75 Å². The zero-order chi connectivity index (χ0) is 15.9. The Morgan fingerprint density at radius 2 is 1.14 bits per heavy atom. The summed E-state index contributed by atoms with van der Waals surface area (Å²) in [6, 6.07) is 6.85. The SMILES string of the molecule is O=C(CCC(=O)CC(=O)c1cccs1)CC(=O)c1cccs1. The number of carbonyl (C=O) groups excluding carboxylic acids is 4. The molecule has 6 heteroatoms. The van der Waals surface area contributed by atoms with Gasteiger partial charge in [0.15, 0.2) is 11.6 Å². The van der Waals surface area contributed by atoms with Gasteiger partial charge in [-0.1, -0.05) is 12.1 Å². The van der Waals surface area contributed by atoms with E-state index in [-0.39, 0.29) is 48.8 Å². The number of Topliss-reactive ketones (excluding diaryl/α,β-unsaturated/α-hetero) is 4.